The van der Waals surface area contributed by atoms with Gasteiger partial charge in [-0.2, -0.15) is 0 Å². The molecule has 1 amide bonds. The van der Waals surface area contributed by atoms with Crippen LogP contribution in [0.15, 0.2) is 36.5 Å². The van der Waals surface area contributed by atoms with E-state index in [1.54, 1.807) is 6.20 Å². The number of rotatable bonds is 3. The summed E-state index contributed by atoms with van der Waals surface area (Å²) in [6.07, 6.45) is 1.72. The van der Waals surface area contributed by atoms with Crippen LogP contribution in [0.25, 0.3) is 10.9 Å². The monoisotopic (exact) mass is 285 g/mol. The summed E-state index contributed by atoms with van der Waals surface area (Å²) in [5.74, 6) is 0.0444. The van der Waals surface area contributed by atoms with Crippen LogP contribution in [0.4, 0.5) is 0 Å². The zero-order valence-corrected chi connectivity index (χ0v) is 11.9. The fraction of sp³-hybridized carbons (Fsp3) is 0.375. The molecule has 0 bridgehead atoms. The smallest absolute Gasteiger partial charge is 0.256 e. The Bertz CT molecular complexity index is 631. The summed E-state index contributed by atoms with van der Waals surface area (Å²) in [5.41, 5.74) is 1.44. The third-order valence-electron chi connectivity index (χ3n) is 3.94. The first kappa shape index (κ1) is 14.0. The Labute approximate surface area is 123 Å². The molecule has 3 rings (SSSR count). The topological polar surface area (TPSA) is 56.7 Å². The van der Waals surface area contributed by atoms with E-state index in [1.165, 1.54) is 0 Å². The second-order valence-corrected chi connectivity index (χ2v) is 5.24. The number of hydrogen-bond acceptors (Lipinski definition) is 4. The average molecular weight is 285 g/mol. The van der Waals surface area contributed by atoms with E-state index in [2.05, 4.69) is 9.88 Å². The predicted molar refractivity (Wildman–Crippen MR) is 81.2 cm³/mol. The first-order valence-electron chi connectivity index (χ1n) is 7.26. The Morgan fingerprint density at radius 3 is 2.67 bits per heavy atom. The fourth-order valence-electron chi connectivity index (χ4n) is 2.76. The van der Waals surface area contributed by atoms with Crippen LogP contribution in [0, 0.1) is 0 Å². The normalized spacial score (nSPS) is 16.3. The first-order valence-corrected chi connectivity index (χ1v) is 7.26. The number of β-amino-alcohol motifs (C(OH)–C–C–N with tert-alkyl or cyclic N) is 1. The zero-order chi connectivity index (χ0) is 14.7. The van der Waals surface area contributed by atoms with Crippen LogP contribution in [-0.4, -0.2) is 65.1 Å². The lowest BCUT2D eigenvalue weighted by molar-refractivity contribution is 0.0616. The zero-order valence-electron chi connectivity index (χ0n) is 11.9. The van der Waals surface area contributed by atoms with E-state index in [1.807, 2.05) is 35.2 Å². The Morgan fingerprint density at radius 1 is 1.14 bits per heavy atom. The van der Waals surface area contributed by atoms with Crippen molar-refractivity contribution in [3.8, 4) is 0 Å². The number of aromatic nitrogens is 1. The van der Waals surface area contributed by atoms with E-state index in [0.717, 1.165) is 24.0 Å². The molecular weight excluding hydrogens is 266 g/mol. The SMILES string of the molecule is O=C(c1cccc2cccnc12)N1CCN(CCO)CC1. The molecule has 5 heteroatoms. The minimum atomic E-state index is 0.0444. The van der Waals surface area contributed by atoms with Gasteiger partial charge in [0.1, 0.15) is 0 Å². The first-order chi connectivity index (χ1) is 10.3. The number of piperazine rings is 1. The molecule has 1 saturated heterocycles. The number of pyridine rings is 1. The van der Waals surface area contributed by atoms with Gasteiger partial charge < -0.3 is 10.0 Å². The molecule has 2 aromatic rings. The highest BCUT2D eigenvalue weighted by molar-refractivity contribution is 6.05. The van der Waals surface area contributed by atoms with Crippen molar-refractivity contribution >= 4 is 16.8 Å². The van der Waals surface area contributed by atoms with Crippen LogP contribution in [0.2, 0.25) is 0 Å². The van der Waals surface area contributed by atoms with Gasteiger partial charge in [-0.25, -0.2) is 0 Å². The van der Waals surface area contributed by atoms with Crippen LogP contribution < -0.4 is 0 Å². The van der Waals surface area contributed by atoms with Crippen LogP contribution in [0.3, 0.4) is 0 Å². The third-order valence-corrected chi connectivity index (χ3v) is 3.94. The lowest BCUT2D eigenvalue weighted by atomic mass is 10.1. The largest absolute Gasteiger partial charge is 0.395 e. The van der Waals surface area contributed by atoms with Crippen LogP contribution >= 0.6 is 0 Å². The number of carbonyl (C=O) groups is 1. The summed E-state index contributed by atoms with van der Waals surface area (Å²) in [4.78, 5) is 21.1. The molecule has 2 heterocycles. The molecule has 0 saturated carbocycles. The molecule has 1 aliphatic heterocycles. The average Bonchev–Trinajstić information content (AvgIpc) is 2.55. The van der Waals surface area contributed by atoms with Crippen molar-refractivity contribution in [1.29, 1.82) is 0 Å². The number of amides is 1. The fourth-order valence-corrected chi connectivity index (χ4v) is 2.76. The number of aliphatic hydroxyl groups is 1. The molecule has 5 nitrogen and oxygen atoms in total. The molecule has 1 aromatic carbocycles. The van der Waals surface area contributed by atoms with Crippen molar-refractivity contribution < 1.29 is 9.90 Å². The van der Waals surface area contributed by atoms with E-state index in [0.29, 0.717) is 25.2 Å². The van der Waals surface area contributed by atoms with Crippen LogP contribution in [0.5, 0.6) is 0 Å². The Balaban J connectivity index is 1.79. The highest BCUT2D eigenvalue weighted by Gasteiger charge is 2.23. The maximum Gasteiger partial charge on any atom is 0.256 e. The van der Waals surface area contributed by atoms with Gasteiger partial charge in [0.25, 0.3) is 5.91 Å². The number of fused-ring (bicyclic) bond motifs is 1. The summed E-state index contributed by atoms with van der Waals surface area (Å²) in [6, 6.07) is 9.57. The third kappa shape index (κ3) is 2.89. The molecule has 0 aliphatic carbocycles. The summed E-state index contributed by atoms with van der Waals surface area (Å²) in [6.45, 7) is 3.86. The van der Waals surface area contributed by atoms with E-state index in [9.17, 15) is 4.79 Å². The van der Waals surface area contributed by atoms with Gasteiger partial charge in [-0.05, 0) is 12.1 Å². The maximum atomic E-state index is 12.7. The maximum absolute atomic E-state index is 12.7. The molecule has 1 N–H and O–H groups in total. The van der Waals surface area contributed by atoms with Gasteiger partial charge in [-0.15, -0.1) is 0 Å². The van der Waals surface area contributed by atoms with Crippen molar-refractivity contribution in [3.63, 3.8) is 0 Å². The van der Waals surface area contributed by atoms with Crippen molar-refractivity contribution in [2.75, 3.05) is 39.3 Å². The molecule has 21 heavy (non-hydrogen) atoms. The molecule has 1 fully saturated rings. The van der Waals surface area contributed by atoms with Gasteiger partial charge in [0.05, 0.1) is 17.7 Å². The summed E-state index contributed by atoms with van der Waals surface area (Å²) >= 11 is 0. The number of hydrogen-bond donors (Lipinski definition) is 1. The number of carbonyl (C=O) groups excluding carboxylic acids is 1. The van der Waals surface area contributed by atoms with Crippen LogP contribution in [0.1, 0.15) is 10.4 Å². The number of nitrogens with zero attached hydrogens (tertiary/aromatic N) is 3. The quantitative estimate of drug-likeness (QED) is 0.913. The number of benzene rings is 1. The summed E-state index contributed by atoms with van der Waals surface area (Å²) in [5, 5.41) is 9.95. The second kappa shape index (κ2) is 6.20. The van der Waals surface area contributed by atoms with Gasteiger partial charge in [-0.3, -0.25) is 14.7 Å². The Morgan fingerprint density at radius 2 is 1.90 bits per heavy atom. The van der Waals surface area contributed by atoms with Crippen molar-refractivity contribution in [2.45, 2.75) is 0 Å². The predicted octanol–water partition coefficient (Wildman–Crippen LogP) is 0.985. The minimum absolute atomic E-state index is 0.0444. The molecule has 0 atom stereocenters. The molecular formula is C16H19N3O2. The van der Waals surface area contributed by atoms with Crippen molar-refractivity contribution in [1.82, 2.24) is 14.8 Å². The van der Waals surface area contributed by atoms with E-state index < -0.39 is 0 Å². The van der Waals surface area contributed by atoms with E-state index >= 15 is 0 Å². The van der Waals surface area contributed by atoms with Gasteiger partial charge in [-0.1, -0.05) is 18.2 Å². The Hall–Kier alpha value is -1.98. The van der Waals surface area contributed by atoms with Crippen LogP contribution in [-0.2, 0) is 0 Å². The van der Waals surface area contributed by atoms with Crippen molar-refractivity contribution in [2.24, 2.45) is 0 Å². The van der Waals surface area contributed by atoms with E-state index in [-0.39, 0.29) is 12.5 Å². The molecule has 110 valence electrons. The lowest BCUT2D eigenvalue weighted by Crippen LogP contribution is -2.49. The highest BCUT2D eigenvalue weighted by atomic mass is 16.3. The second-order valence-electron chi connectivity index (χ2n) is 5.24. The molecule has 0 unspecified atom stereocenters. The van der Waals surface area contributed by atoms with E-state index in [4.69, 9.17) is 5.11 Å². The summed E-state index contributed by atoms with van der Waals surface area (Å²) in [7, 11) is 0. The Kier molecular flexibility index (Phi) is 4.13. The van der Waals surface area contributed by atoms with Gasteiger partial charge in [0.15, 0.2) is 0 Å². The van der Waals surface area contributed by atoms with Gasteiger partial charge in [0, 0.05) is 44.3 Å². The number of aliphatic hydroxyl groups excluding tert-OH is 1. The van der Waals surface area contributed by atoms with Crippen molar-refractivity contribution in [3.05, 3.63) is 42.1 Å². The standard InChI is InChI=1S/C16H19N3O2/c20-12-11-18-7-9-19(10-8-18)16(21)14-5-1-3-13-4-2-6-17-15(13)14/h1-6,20H,7-12H2. The molecule has 1 aromatic heterocycles. The lowest BCUT2D eigenvalue weighted by Gasteiger charge is -2.34. The van der Waals surface area contributed by atoms with Gasteiger partial charge >= 0.3 is 0 Å². The molecule has 1 aliphatic rings. The number of para-hydroxylation sites is 1. The summed E-state index contributed by atoms with van der Waals surface area (Å²) < 4.78 is 0. The minimum Gasteiger partial charge on any atom is -0.395 e. The highest BCUT2D eigenvalue weighted by Crippen LogP contribution is 2.18. The molecule has 0 radical (unpaired) electrons. The molecule has 0 spiro atoms. The van der Waals surface area contributed by atoms with Gasteiger partial charge in [0.2, 0.25) is 0 Å².